The third-order valence-electron chi connectivity index (χ3n) is 8.09. The van der Waals surface area contributed by atoms with Gasteiger partial charge in [-0.25, -0.2) is 14.3 Å². The molecule has 0 spiro atoms. The number of amides is 4. The molecule has 2 aliphatic heterocycles. The van der Waals surface area contributed by atoms with Gasteiger partial charge in [-0.3, -0.25) is 5.10 Å². The van der Waals surface area contributed by atoms with Crippen molar-refractivity contribution in [1.29, 1.82) is 0 Å². The average Bonchev–Trinajstić information content (AvgIpc) is 3.61. The highest BCUT2D eigenvalue weighted by atomic mass is 16.2. The highest BCUT2D eigenvalue weighted by Gasteiger charge is 2.34. The van der Waals surface area contributed by atoms with E-state index in [-0.39, 0.29) is 23.5 Å². The minimum Gasteiger partial charge on any atom is -0.328 e. The van der Waals surface area contributed by atoms with Gasteiger partial charge in [0.15, 0.2) is 5.82 Å². The first-order valence-electron chi connectivity index (χ1n) is 14.5. The molecule has 0 bridgehead atoms. The van der Waals surface area contributed by atoms with Gasteiger partial charge >= 0.3 is 12.1 Å². The van der Waals surface area contributed by atoms with E-state index in [1.54, 1.807) is 4.68 Å². The van der Waals surface area contributed by atoms with Crippen LogP contribution in [0.5, 0.6) is 0 Å². The minimum atomic E-state index is -0.430. The Labute approximate surface area is 244 Å². The highest BCUT2D eigenvalue weighted by Crippen LogP contribution is 2.29. The Hall–Kier alpha value is -4.48. The quantitative estimate of drug-likeness (QED) is 0.314. The molecule has 0 saturated carbocycles. The fourth-order valence-corrected chi connectivity index (χ4v) is 6.03. The van der Waals surface area contributed by atoms with Crippen LogP contribution in [0.3, 0.4) is 0 Å². The van der Waals surface area contributed by atoms with Crippen molar-refractivity contribution in [3.8, 4) is 0 Å². The Kier molecular flexibility index (Phi) is 7.29. The predicted molar refractivity (Wildman–Crippen MR) is 159 cm³/mol. The number of likely N-dealkylation sites (tertiary alicyclic amines) is 1. The predicted octanol–water partition coefficient (Wildman–Crippen LogP) is 4.41. The molecule has 4 heterocycles. The van der Waals surface area contributed by atoms with Crippen LogP contribution >= 0.6 is 0 Å². The van der Waals surface area contributed by atoms with Gasteiger partial charge < -0.3 is 20.4 Å². The number of aromatic amines is 1. The number of fused-ring (bicyclic) bond motifs is 2. The Morgan fingerprint density at radius 1 is 1.17 bits per heavy atom. The summed E-state index contributed by atoms with van der Waals surface area (Å²) in [4.78, 5) is 30.2. The number of tetrazole rings is 1. The third kappa shape index (κ3) is 5.79. The molecule has 2 aromatic carbocycles. The van der Waals surface area contributed by atoms with Gasteiger partial charge in [-0.2, -0.15) is 5.10 Å². The van der Waals surface area contributed by atoms with Crippen molar-refractivity contribution in [1.82, 2.24) is 45.5 Å². The van der Waals surface area contributed by atoms with E-state index >= 15 is 0 Å². The van der Waals surface area contributed by atoms with E-state index in [1.165, 1.54) is 0 Å². The number of H-pyrrole nitrogens is 1. The smallest absolute Gasteiger partial charge is 0.322 e. The highest BCUT2D eigenvalue weighted by molar-refractivity contribution is 5.92. The van der Waals surface area contributed by atoms with Gasteiger partial charge in [-0.1, -0.05) is 45.0 Å². The summed E-state index contributed by atoms with van der Waals surface area (Å²) in [5.41, 5.74) is 5.09. The van der Waals surface area contributed by atoms with E-state index in [9.17, 15) is 9.59 Å². The summed E-state index contributed by atoms with van der Waals surface area (Å²) in [5, 5.41) is 27.1. The monoisotopic (exact) mass is 570 g/mol. The number of carbonyl (C=O) groups excluding carboxylic acids is 2. The van der Waals surface area contributed by atoms with Crippen molar-refractivity contribution in [3.05, 3.63) is 65.1 Å². The number of carbonyl (C=O) groups is 2. The molecule has 6 rings (SSSR count). The first-order chi connectivity index (χ1) is 20.1. The van der Waals surface area contributed by atoms with E-state index in [0.717, 1.165) is 33.3 Å². The molecule has 1 atom stereocenters. The number of benzene rings is 2. The number of para-hydroxylation sites is 1. The van der Waals surface area contributed by atoms with Gasteiger partial charge in [0.05, 0.1) is 17.8 Å². The lowest BCUT2D eigenvalue weighted by molar-refractivity contribution is 0.126. The Morgan fingerprint density at radius 2 is 1.95 bits per heavy atom. The lowest BCUT2D eigenvalue weighted by Crippen LogP contribution is -2.53. The normalized spacial score (nSPS) is 16.8. The van der Waals surface area contributed by atoms with Crippen molar-refractivity contribution in [2.24, 2.45) is 5.41 Å². The van der Waals surface area contributed by atoms with Crippen LogP contribution in [0, 0.1) is 12.3 Å². The zero-order valence-corrected chi connectivity index (χ0v) is 24.6. The Morgan fingerprint density at radius 3 is 2.74 bits per heavy atom. The molecular formula is C30H38N10O2. The fourth-order valence-electron chi connectivity index (χ4n) is 6.03. The molecule has 2 aliphatic rings. The molecule has 1 fully saturated rings. The van der Waals surface area contributed by atoms with E-state index in [0.29, 0.717) is 51.3 Å². The second-order valence-corrected chi connectivity index (χ2v) is 12.6. The lowest BCUT2D eigenvalue weighted by atomic mass is 9.96. The van der Waals surface area contributed by atoms with Crippen molar-refractivity contribution in [2.75, 3.05) is 18.4 Å². The maximum atomic E-state index is 13.7. The summed E-state index contributed by atoms with van der Waals surface area (Å²) in [6, 6.07) is 11.5. The molecule has 220 valence electrons. The first kappa shape index (κ1) is 27.7. The standard InChI is InChI=1S/C30H38N10O2/c1-19-13-20(14-22-16-31-34-26(19)22)15-25(27-35-36-37-40(27)18-30(2,3)4)33-28(41)38-11-9-23(10-12-38)39-17-21-7-5-6-8-24(21)32-29(39)42/h5-8,13-14,16,23,25H,9-12,15,17-18H2,1-4H3,(H,31,34)(H,32,42)(H,33,41). The number of hydrogen-bond donors (Lipinski definition) is 3. The van der Waals surface area contributed by atoms with Crippen molar-refractivity contribution >= 4 is 28.7 Å². The van der Waals surface area contributed by atoms with E-state index in [4.69, 9.17) is 0 Å². The zero-order chi connectivity index (χ0) is 29.4. The average molecular weight is 571 g/mol. The number of aryl methyl sites for hydroxylation is 1. The Bertz CT molecular complexity index is 1590. The number of nitrogens with zero attached hydrogens (tertiary/aromatic N) is 7. The lowest BCUT2D eigenvalue weighted by Gasteiger charge is -2.40. The van der Waals surface area contributed by atoms with Gasteiger partial charge in [0.1, 0.15) is 0 Å². The number of urea groups is 2. The summed E-state index contributed by atoms with van der Waals surface area (Å²) in [6.45, 7) is 10.8. The largest absolute Gasteiger partial charge is 0.328 e. The topological polar surface area (TPSA) is 137 Å². The fraction of sp³-hybridized carbons (Fsp3) is 0.467. The van der Waals surface area contributed by atoms with Gasteiger partial charge in [0.2, 0.25) is 0 Å². The summed E-state index contributed by atoms with van der Waals surface area (Å²) in [6.07, 6.45) is 3.77. The maximum Gasteiger partial charge on any atom is 0.322 e. The minimum absolute atomic E-state index is 0.0475. The molecule has 12 heteroatoms. The molecule has 4 aromatic rings. The maximum absolute atomic E-state index is 13.7. The van der Waals surface area contributed by atoms with E-state index in [2.05, 4.69) is 69.3 Å². The van der Waals surface area contributed by atoms with Crippen LogP contribution in [0.2, 0.25) is 0 Å². The summed E-state index contributed by atoms with van der Waals surface area (Å²) in [7, 11) is 0. The van der Waals surface area contributed by atoms with Crippen LogP contribution in [-0.2, 0) is 19.5 Å². The SMILES string of the molecule is Cc1cc(CC(NC(=O)N2CCC(N3Cc4ccccc4NC3=O)CC2)c2nnnn2CC(C)(C)C)cc2cn[nH]c12. The molecule has 42 heavy (non-hydrogen) atoms. The van der Waals surface area contributed by atoms with Gasteiger partial charge in [0.25, 0.3) is 0 Å². The molecule has 1 saturated heterocycles. The second-order valence-electron chi connectivity index (χ2n) is 12.6. The van der Waals surface area contributed by atoms with Crippen LogP contribution < -0.4 is 10.6 Å². The number of rotatable bonds is 6. The summed E-state index contributed by atoms with van der Waals surface area (Å²) >= 11 is 0. The molecule has 1 unspecified atom stereocenters. The second kappa shape index (κ2) is 11.1. The molecule has 12 nitrogen and oxygen atoms in total. The van der Waals surface area contributed by atoms with Crippen LogP contribution in [0.1, 0.15) is 62.2 Å². The van der Waals surface area contributed by atoms with Crippen molar-refractivity contribution < 1.29 is 9.59 Å². The molecule has 0 aliphatic carbocycles. The van der Waals surface area contributed by atoms with E-state index < -0.39 is 6.04 Å². The first-order valence-corrected chi connectivity index (χ1v) is 14.5. The number of aromatic nitrogens is 6. The van der Waals surface area contributed by atoms with Crippen molar-refractivity contribution in [2.45, 2.75) is 72.1 Å². The Balaban J connectivity index is 1.17. The molecule has 2 aromatic heterocycles. The number of hydrogen-bond acceptors (Lipinski definition) is 6. The summed E-state index contributed by atoms with van der Waals surface area (Å²) in [5.74, 6) is 0.627. The van der Waals surface area contributed by atoms with Crippen molar-refractivity contribution in [3.63, 3.8) is 0 Å². The van der Waals surface area contributed by atoms with Crippen LogP contribution in [0.15, 0.2) is 42.6 Å². The van der Waals surface area contributed by atoms with Gasteiger partial charge in [0, 0.05) is 49.7 Å². The van der Waals surface area contributed by atoms with Crippen LogP contribution in [0.25, 0.3) is 10.9 Å². The number of nitrogens with one attached hydrogen (secondary N) is 3. The van der Waals surface area contributed by atoms with Gasteiger partial charge in [-0.15, -0.1) is 5.10 Å². The van der Waals surface area contributed by atoms with Gasteiger partial charge in [-0.05, 0) is 64.4 Å². The molecule has 4 amide bonds. The number of piperidine rings is 1. The van der Waals surface area contributed by atoms with Crippen LogP contribution in [0.4, 0.5) is 15.3 Å². The molecule has 0 radical (unpaired) electrons. The molecular weight excluding hydrogens is 532 g/mol. The third-order valence-corrected chi connectivity index (χ3v) is 8.09. The molecule has 3 N–H and O–H groups in total. The summed E-state index contributed by atoms with van der Waals surface area (Å²) < 4.78 is 1.80. The van der Waals surface area contributed by atoms with Crippen LogP contribution in [-0.4, -0.2) is 71.4 Å². The zero-order valence-electron chi connectivity index (χ0n) is 24.6. The van der Waals surface area contributed by atoms with E-state index in [1.807, 2.05) is 47.2 Å². The number of anilines is 1.